The fourth-order valence-corrected chi connectivity index (χ4v) is 3.41. The maximum Gasteiger partial charge on any atom is 0.248 e. The van der Waals surface area contributed by atoms with Gasteiger partial charge in [0.2, 0.25) is 5.91 Å². The minimum atomic E-state index is -0.196. The lowest BCUT2D eigenvalue weighted by molar-refractivity contribution is -0.111. The van der Waals surface area contributed by atoms with Crippen molar-refractivity contribution in [3.05, 3.63) is 84.0 Å². The minimum absolute atomic E-state index is 0.196. The molecule has 0 atom stereocenters. The first-order valence-electron chi connectivity index (χ1n) is 9.64. The number of nitrogens with one attached hydrogen (secondary N) is 1. The highest BCUT2D eigenvalue weighted by molar-refractivity contribution is 6.01. The van der Waals surface area contributed by atoms with Crippen LogP contribution in [0, 0.1) is 6.92 Å². The van der Waals surface area contributed by atoms with Crippen LogP contribution in [-0.2, 0) is 17.9 Å². The van der Waals surface area contributed by atoms with Crippen LogP contribution < -0.4 is 5.32 Å². The molecular formula is C23H23N5O. The number of hydrogen-bond acceptors (Lipinski definition) is 3. The Morgan fingerprint density at radius 3 is 2.76 bits per heavy atom. The maximum absolute atomic E-state index is 12.3. The van der Waals surface area contributed by atoms with Crippen molar-refractivity contribution in [2.45, 2.75) is 26.9 Å². The van der Waals surface area contributed by atoms with Crippen molar-refractivity contribution in [3.63, 3.8) is 0 Å². The van der Waals surface area contributed by atoms with Gasteiger partial charge < -0.3 is 5.32 Å². The van der Waals surface area contributed by atoms with Crippen molar-refractivity contribution >= 4 is 28.4 Å². The summed E-state index contributed by atoms with van der Waals surface area (Å²) in [5, 5.41) is 13.9. The van der Waals surface area contributed by atoms with Crippen molar-refractivity contribution in [3.8, 4) is 0 Å². The molecule has 29 heavy (non-hydrogen) atoms. The van der Waals surface area contributed by atoms with Gasteiger partial charge in [-0.15, -0.1) is 0 Å². The first-order valence-corrected chi connectivity index (χ1v) is 9.64. The summed E-state index contributed by atoms with van der Waals surface area (Å²) in [6, 6.07) is 14.6. The number of carbonyl (C=O) groups is 1. The lowest BCUT2D eigenvalue weighted by atomic mass is 10.0. The van der Waals surface area contributed by atoms with E-state index in [1.165, 1.54) is 22.4 Å². The average molecular weight is 385 g/mol. The van der Waals surface area contributed by atoms with E-state index in [0.717, 1.165) is 17.8 Å². The zero-order chi connectivity index (χ0) is 20.2. The fraction of sp³-hybridized carbons (Fsp3) is 0.174. The normalized spacial score (nSPS) is 11.4. The predicted molar refractivity (Wildman–Crippen MR) is 116 cm³/mol. The van der Waals surface area contributed by atoms with Crippen molar-refractivity contribution in [2.75, 3.05) is 5.32 Å². The number of carbonyl (C=O) groups excluding carboxylic acids is 1. The third-order valence-electron chi connectivity index (χ3n) is 4.97. The number of aromatic nitrogens is 4. The monoisotopic (exact) mass is 385 g/mol. The molecule has 1 amide bonds. The van der Waals surface area contributed by atoms with Crippen LogP contribution >= 0.6 is 0 Å². The number of amides is 1. The number of rotatable bonds is 6. The van der Waals surface area contributed by atoms with Crippen LogP contribution in [0.5, 0.6) is 0 Å². The summed E-state index contributed by atoms with van der Waals surface area (Å²) >= 11 is 0. The summed E-state index contributed by atoms with van der Waals surface area (Å²) < 4.78 is 3.73. The van der Waals surface area contributed by atoms with Crippen LogP contribution in [0.3, 0.4) is 0 Å². The number of fused-ring (bicyclic) bond motifs is 1. The van der Waals surface area contributed by atoms with E-state index in [4.69, 9.17) is 0 Å². The summed E-state index contributed by atoms with van der Waals surface area (Å²) in [5.41, 5.74) is 3.83. The first kappa shape index (κ1) is 18.7. The van der Waals surface area contributed by atoms with Crippen molar-refractivity contribution in [2.24, 2.45) is 0 Å². The fourth-order valence-electron chi connectivity index (χ4n) is 3.41. The summed E-state index contributed by atoms with van der Waals surface area (Å²) in [7, 11) is 0. The summed E-state index contributed by atoms with van der Waals surface area (Å²) in [5.74, 6) is -0.196. The molecule has 2 aromatic carbocycles. The number of anilines is 1. The summed E-state index contributed by atoms with van der Waals surface area (Å²) in [6.07, 6.45) is 8.58. The Bertz CT molecular complexity index is 1180. The number of benzene rings is 2. The zero-order valence-electron chi connectivity index (χ0n) is 16.5. The van der Waals surface area contributed by atoms with E-state index < -0.39 is 0 Å². The number of hydrogen-bond donors (Lipinski definition) is 1. The standard InChI is InChI=1S/C23H23N5O/c1-3-28-17(2)19(13-25-28)11-12-23(29)26-21-14-24-27(16-21)15-20-9-6-8-18-7-4-5-10-22(18)20/h4-14,16H,3,15H2,1-2H3,(H,26,29)/b12-11+. The third-order valence-corrected chi connectivity index (χ3v) is 4.97. The molecule has 0 unspecified atom stereocenters. The molecule has 0 fully saturated rings. The van der Waals surface area contributed by atoms with Gasteiger partial charge in [0.05, 0.1) is 24.6 Å². The second-order valence-electron chi connectivity index (χ2n) is 6.89. The number of nitrogens with zero attached hydrogens (tertiary/aromatic N) is 4. The Kier molecular flexibility index (Phi) is 5.24. The van der Waals surface area contributed by atoms with Gasteiger partial charge in [-0.3, -0.25) is 14.2 Å². The zero-order valence-corrected chi connectivity index (χ0v) is 16.5. The van der Waals surface area contributed by atoms with Crippen molar-refractivity contribution < 1.29 is 4.79 Å². The van der Waals surface area contributed by atoms with E-state index >= 15 is 0 Å². The molecule has 0 radical (unpaired) electrons. The van der Waals surface area contributed by atoms with Crippen LogP contribution in [-0.4, -0.2) is 25.5 Å². The molecule has 0 saturated heterocycles. The molecule has 0 aliphatic heterocycles. The lowest BCUT2D eigenvalue weighted by Crippen LogP contribution is -2.07. The van der Waals surface area contributed by atoms with Gasteiger partial charge in [-0.25, -0.2) is 0 Å². The van der Waals surface area contributed by atoms with Gasteiger partial charge >= 0.3 is 0 Å². The predicted octanol–water partition coefficient (Wildman–Crippen LogP) is 4.26. The van der Waals surface area contributed by atoms with Crippen molar-refractivity contribution in [1.29, 1.82) is 0 Å². The number of aryl methyl sites for hydroxylation is 1. The van der Waals surface area contributed by atoms with Crippen LogP contribution in [0.15, 0.2) is 67.1 Å². The molecule has 0 aliphatic rings. The molecule has 2 aromatic heterocycles. The SMILES string of the molecule is CCn1ncc(/C=C/C(=O)Nc2cnn(Cc3cccc4ccccc34)c2)c1C. The van der Waals surface area contributed by atoms with Gasteiger partial charge in [-0.1, -0.05) is 42.5 Å². The summed E-state index contributed by atoms with van der Waals surface area (Å²) in [6.45, 7) is 5.48. The van der Waals surface area contributed by atoms with Gasteiger partial charge in [0, 0.05) is 30.1 Å². The van der Waals surface area contributed by atoms with Gasteiger partial charge in [-0.2, -0.15) is 10.2 Å². The van der Waals surface area contributed by atoms with Crippen LogP contribution in [0.2, 0.25) is 0 Å². The minimum Gasteiger partial charge on any atom is -0.320 e. The first-order chi connectivity index (χ1) is 14.1. The molecule has 0 bridgehead atoms. The highest BCUT2D eigenvalue weighted by Gasteiger charge is 2.06. The molecule has 1 N–H and O–H groups in total. The van der Waals surface area contributed by atoms with Gasteiger partial charge in [-0.05, 0) is 36.3 Å². The van der Waals surface area contributed by atoms with Crippen LogP contribution in [0.25, 0.3) is 16.8 Å². The van der Waals surface area contributed by atoms with Gasteiger partial charge in [0.1, 0.15) is 0 Å². The van der Waals surface area contributed by atoms with E-state index in [-0.39, 0.29) is 5.91 Å². The quantitative estimate of drug-likeness (QED) is 0.504. The van der Waals surface area contributed by atoms with Crippen LogP contribution in [0.4, 0.5) is 5.69 Å². The van der Waals surface area contributed by atoms with Gasteiger partial charge in [0.15, 0.2) is 0 Å². The third kappa shape index (κ3) is 4.11. The van der Waals surface area contributed by atoms with E-state index in [1.54, 1.807) is 18.5 Å². The molecular weight excluding hydrogens is 362 g/mol. The maximum atomic E-state index is 12.3. The topological polar surface area (TPSA) is 64.7 Å². The Morgan fingerprint density at radius 2 is 1.93 bits per heavy atom. The second-order valence-corrected chi connectivity index (χ2v) is 6.89. The Labute approximate surface area is 169 Å². The Hall–Kier alpha value is -3.67. The summed E-state index contributed by atoms with van der Waals surface area (Å²) in [4.78, 5) is 12.3. The average Bonchev–Trinajstić information content (AvgIpc) is 3.32. The van der Waals surface area contributed by atoms with E-state index in [2.05, 4.69) is 45.8 Å². The van der Waals surface area contributed by atoms with Gasteiger partial charge in [0.25, 0.3) is 0 Å². The Morgan fingerprint density at radius 1 is 1.10 bits per heavy atom. The molecule has 4 aromatic rings. The largest absolute Gasteiger partial charge is 0.320 e. The molecule has 0 aliphatic carbocycles. The van der Waals surface area contributed by atoms with E-state index in [1.807, 2.05) is 41.5 Å². The van der Waals surface area contributed by atoms with E-state index in [9.17, 15) is 4.79 Å². The molecule has 6 nitrogen and oxygen atoms in total. The molecule has 0 saturated carbocycles. The molecule has 0 spiro atoms. The van der Waals surface area contributed by atoms with Crippen molar-refractivity contribution in [1.82, 2.24) is 19.6 Å². The molecule has 146 valence electrons. The molecule has 2 heterocycles. The molecule has 6 heteroatoms. The highest BCUT2D eigenvalue weighted by atomic mass is 16.1. The lowest BCUT2D eigenvalue weighted by Gasteiger charge is -2.06. The molecule has 4 rings (SSSR count). The smallest absolute Gasteiger partial charge is 0.248 e. The van der Waals surface area contributed by atoms with E-state index in [0.29, 0.717) is 12.2 Å². The Balaban J connectivity index is 1.43. The van der Waals surface area contributed by atoms with Crippen LogP contribution in [0.1, 0.15) is 23.7 Å². The second kappa shape index (κ2) is 8.14. The highest BCUT2D eigenvalue weighted by Crippen LogP contribution is 2.19.